The third-order valence-corrected chi connectivity index (χ3v) is 4.02. The third kappa shape index (κ3) is 3.68. The molecule has 1 unspecified atom stereocenters. The minimum Gasteiger partial charge on any atom is -0.377 e. The van der Waals surface area contributed by atoms with E-state index < -0.39 is 5.91 Å². The van der Waals surface area contributed by atoms with Gasteiger partial charge in [0.05, 0.1) is 6.17 Å². The van der Waals surface area contributed by atoms with Crippen molar-refractivity contribution in [3.63, 3.8) is 0 Å². The molecular formula is C13H24N4O2. The number of nitrogens with zero attached hydrogens (tertiary/aromatic N) is 2. The second-order valence-electron chi connectivity index (χ2n) is 5.65. The Bertz CT molecular complexity index is 351. The first-order valence-electron chi connectivity index (χ1n) is 6.93. The fourth-order valence-electron chi connectivity index (χ4n) is 2.72. The summed E-state index contributed by atoms with van der Waals surface area (Å²) >= 11 is 0. The molecule has 2 heterocycles. The Morgan fingerprint density at radius 1 is 1.47 bits per heavy atom. The van der Waals surface area contributed by atoms with Crippen molar-refractivity contribution in [1.29, 1.82) is 0 Å². The third-order valence-electron chi connectivity index (χ3n) is 4.02. The van der Waals surface area contributed by atoms with Crippen molar-refractivity contribution < 1.29 is 10.0 Å². The van der Waals surface area contributed by atoms with Crippen molar-refractivity contribution in [2.24, 2.45) is 5.92 Å². The molecule has 0 aromatic heterocycles. The molecule has 6 nitrogen and oxygen atoms in total. The van der Waals surface area contributed by atoms with E-state index in [0.717, 1.165) is 25.6 Å². The second-order valence-corrected chi connectivity index (χ2v) is 5.65. The summed E-state index contributed by atoms with van der Waals surface area (Å²) in [6, 6.07) is 0. The summed E-state index contributed by atoms with van der Waals surface area (Å²) in [5.74, 6) is 0.376. The summed E-state index contributed by atoms with van der Waals surface area (Å²) in [4.78, 5) is 15.9. The van der Waals surface area contributed by atoms with E-state index >= 15 is 0 Å². The van der Waals surface area contributed by atoms with E-state index in [4.69, 9.17) is 5.21 Å². The summed E-state index contributed by atoms with van der Waals surface area (Å²) in [7, 11) is 1.96. The molecule has 0 aromatic rings. The Balaban J connectivity index is 1.95. The fourth-order valence-corrected chi connectivity index (χ4v) is 2.72. The van der Waals surface area contributed by atoms with Crippen LogP contribution in [0.3, 0.4) is 0 Å². The van der Waals surface area contributed by atoms with Crippen LogP contribution in [0.2, 0.25) is 0 Å². The van der Waals surface area contributed by atoms with E-state index in [1.165, 1.54) is 12.8 Å². The maximum Gasteiger partial charge on any atom is 0.273 e. The first-order valence-corrected chi connectivity index (χ1v) is 6.93. The van der Waals surface area contributed by atoms with Gasteiger partial charge in [-0.1, -0.05) is 6.92 Å². The number of nitrogens with one attached hydrogen (secondary N) is 2. The summed E-state index contributed by atoms with van der Waals surface area (Å²) < 4.78 is 0. The molecule has 108 valence electrons. The van der Waals surface area contributed by atoms with Gasteiger partial charge in [0.25, 0.3) is 5.91 Å². The van der Waals surface area contributed by atoms with E-state index in [9.17, 15) is 4.79 Å². The van der Waals surface area contributed by atoms with Gasteiger partial charge in [-0.15, -0.1) is 0 Å². The highest BCUT2D eigenvalue weighted by atomic mass is 16.5. The average molecular weight is 268 g/mol. The van der Waals surface area contributed by atoms with Crippen molar-refractivity contribution in [3.05, 3.63) is 11.8 Å². The Kier molecular flexibility index (Phi) is 4.79. The van der Waals surface area contributed by atoms with Crippen LogP contribution in [0.4, 0.5) is 0 Å². The van der Waals surface area contributed by atoms with Crippen LogP contribution in [0.5, 0.6) is 0 Å². The molecule has 3 N–H and O–H groups in total. The van der Waals surface area contributed by atoms with Gasteiger partial charge >= 0.3 is 0 Å². The zero-order valence-electron chi connectivity index (χ0n) is 11.7. The zero-order chi connectivity index (χ0) is 13.8. The topological polar surface area (TPSA) is 67.8 Å². The van der Waals surface area contributed by atoms with E-state index in [1.807, 2.05) is 11.9 Å². The Hall–Kier alpha value is -1.11. The molecular weight excluding hydrogens is 244 g/mol. The maximum absolute atomic E-state index is 11.5. The number of amides is 1. The van der Waals surface area contributed by atoms with Crippen LogP contribution in [0.1, 0.15) is 19.8 Å². The minimum atomic E-state index is -0.438. The van der Waals surface area contributed by atoms with E-state index in [0.29, 0.717) is 12.1 Å². The fraction of sp³-hybridized carbons (Fsp3) is 0.769. The number of likely N-dealkylation sites (N-methyl/N-ethyl adjacent to an activating group) is 1. The van der Waals surface area contributed by atoms with Crippen LogP contribution >= 0.6 is 0 Å². The van der Waals surface area contributed by atoms with Crippen LogP contribution in [0.15, 0.2) is 11.8 Å². The van der Waals surface area contributed by atoms with Crippen molar-refractivity contribution in [2.75, 3.05) is 33.2 Å². The molecule has 1 fully saturated rings. The Morgan fingerprint density at radius 2 is 2.16 bits per heavy atom. The van der Waals surface area contributed by atoms with Gasteiger partial charge in [0.1, 0.15) is 0 Å². The molecule has 0 radical (unpaired) electrons. The molecule has 2 rings (SSSR count). The molecule has 1 amide bonds. The number of hydrogen-bond donors (Lipinski definition) is 3. The number of likely N-dealkylation sites (tertiary alicyclic amines) is 1. The highest BCUT2D eigenvalue weighted by molar-refractivity contribution is 5.92. The van der Waals surface area contributed by atoms with Crippen LogP contribution in [0, 0.1) is 5.92 Å². The Morgan fingerprint density at radius 3 is 2.79 bits per heavy atom. The van der Waals surface area contributed by atoms with Gasteiger partial charge in [-0.3, -0.25) is 20.2 Å². The number of piperidine rings is 1. The van der Waals surface area contributed by atoms with Crippen molar-refractivity contribution in [2.45, 2.75) is 25.9 Å². The molecule has 6 heteroatoms. The lowest BCUT2D eigenvalue weighted by molar-refractivity contribution is -0.125. The number of carbonyl (C=O) groups excluding carboxylic acids is 1. The summed E-state index contributed by atoms with van der Waals surface area (Å²) in [5.41, 5.74) is 2.25. The monoisotopic (exact) mass is 268 g/mol. The number of hydrogen-bond acceptors (Lipinski definition) is 5. The van der Waals surface area contributed by atoms with Gasteiger partial charge in [-0.25, -0.2) is 5.48 Å². The van der Waals surface area contributed by atoms with Crippen LogP contribution in [-0.4, -0.2) is 60.3 Å². The van der Waals surface area contributed by atoms with E-state index in [-0.39, 0.29) is 6.17 Å². The quantitative estimate of drug-likeness (QED) is 0.485. The Labute approximate surface area is 114 Å². The smallest absolute Gasteiger partial charge is 0.273 e. The first kappa shape index (κ1) is 14.3. The van der Waals surface area contributed by atoms with Crippen molar-refractivity contribution >= 4 is 5.91 Å². The average Bonchev–Trinajstić information content (AvgIpc) is 2.60. The molecule has 2 aliphatic rings. The van der Waals surface area contributed by atoms with E-state index in [2.05, 4.69) is 17.1 Å². The van der Waals surface area contributed by atoms with Crippen LogP contribution in [-0.2, 0) is 4.79 Å². The van der Waals surface area contributed by atoms with Crippen LogP contribution < -0.4 is 10.8 Å². The SMILES string of the molecule is CC1CCN(C2CN(C)C=C(C(=O)NO)CN2)CC1. The lowest BCUT2D eigenvalue weighted by atomic mass is 9.99. The standard InChI is InChI=1S/C13H24N4O2/c1-10-3-5-17(6-4-10)12-9-16(2)8-11(7-14-12)13(18)15-19/h8,10,12,14,19H,3-7,9H2,1-2H3,(H,15,18). The first-order chi connectivity index (χ1) is 9.10. The van der Waals surface area contributed by atoms with Gasteiger partial charge in [0.2, 0.25) is 0 Å². The van der Waals surface area contributed by atoms with Gasteiger partial charge < -0.3 is 4.90 Å². The molecule has 2 aliphatic heterocycles. The summed E-state index contributed by atoms with van der Waals surface area (Å²) in [5, 5.41) is 12.1. The predicted molar refractivity (Wildman–Crippen MR) is 72.4 cm³/mol. The normalized spacial score (nSPS) is 26.8. The molecule has 1 saturated heterocycles. The molecule has 0 aromatic carbocycles. The van der Waals surface area contributed by atoms with Gasteiger partial charge in [-0.2, -0.15) is 0 Å². The van der Waals surface area contributed by atoms with Gasteiger partial charge in [0, 0.05) is 31.9 Å². The lowest BCUT2D eigenvalue weighted by Gasteiger charge is -2.37. The molecule has 1 atom stereocenters. The van der Waals surface area contributed by atoms with Crippen LogP contribution in [0.25, 0.3) is 0 Å². The molecule has 0 spiro atoms. The van der Waals surface area contributed by atoms with Crippen molar-refractivity contribution in [1.82, 2.24) is 20.6 Å². The molecule has 0 bridgehead atoms. The summed E-state index contributed by atoms with van der Waals surface area (Å²) in [6.45, 7) is 5.84. The lowest BCUT2D eigenvalue weighted by Crippen LogP contribution is -2.52. The number of carbonyl (C=O) groups is 1. The van der Waals surface area contributed by atoms with E-state index in [1.54, 1.807) is 11.7 Å². The summed E-state index contributed by atoms with van der Waals surface area (Å²) in [6.07, 6.45) is 4.53. The largest absolute Gasteiger partial charge is 0.377 e. The molecule has 0 saturated carbocycles. The highest BCUT2D eigenvalue weighted by Crippen LogP contribution is 2.18. The minimum absolute atomic E-state index is 0.262. The number of rotatable bonds is 2. The molecule has 19 heavy (non-hydrogen) atoms. The second kappa shape index (κ2) is 6.36. The van der Waals surface area contributed by atoms with Gasteiger partial charge in [0.15, 0.2) is 0 Å². The van der Waals surface area contributed by atoms with Gasteiger partial charge in [-0.05, 0) is 31.8 Å². The number of hydroxylamine groups is 1. The maximum atomic E-state index is 11.5. The van der Waals surface area contributed by atoms with Crippen molar-refractivity contribution in [3.8, 4) is 0 Å². The molecule has 0 aliphatic carbocycles. The zero-order valence-corrected chi connectivity index (χ0v) is 11.7. The highest BCUT2D eigenvalue weighted by Gasteiger charge is 2.26. The predicted octanol–water partition coefficient (Wildman–Crippen LogP) is -0.0313.